The van der Waals surface area contributed by atoms with Crippen LogP contribution in [-0.4, -0.2) is 23.5 Å². The molecule has 2 rings (SSSR count). The molecule has 1 aliphatic rings. The van der Waals surface area contributed by atoms with Crippen LogP contribution in [0.3, 0.4) is 0 Å². The topological polar surface area (TPSA) is 68.0 Å². The Bertz CT molecular complexity index is 358. The van der Waals surface area contributed by atoms with E-state index in [1.165, 1.54) is 0 Å². The Hall–Kier alpha value is -1.42. The highest BCUT2D eigenvalue weighted by atomic mass is 16.1. The van der Waals surface area contributed by atoms with Crippen LogP contribution >= 0.6 is 0 Å². The minimum Gasteiger partial charge on any atom is -0.352 e. The number of amides is 1. The maximum atomic E-state index is 11.8. The van der Waals surface area contributed by atoms with Gasteiger partial charge in [0.1, 0.15) is 0 Å². The van der Waals surface area contributed by atoms with E-state index in [0.29, 0.717) is 17.5 Å². The zero-order valence-corrected chi connectivity index (χ0v) is 9.93. The largest absolute Gasteiger partial charge is 0.352 e. The molecule has 1 fully saturated rings. The van der Waals surface area contributed by atoms with Gasteiger partial charge in [-0.1, -0.05) is 0 Å². The molecule has 0 saturated heterocycles. The summed E-state index contributed by atoms with van der Waals surface area (Å²) >= 11 is 0. The first-order valence-corrected chi connectivity index (χ1v) is 6.19. The molecule has 92 valence electrons. The smallest absolute Gasteiger partial charge is 0.252 e. The van der Waals surface area contributed by atoms with Crippen molar-refractivity contribution >= 4 is 5.91 Å². The number of nitrogens with one attached hydrogen (secondary N) is 1. The van der Waals surface area contributed by atoms with Crippen molar-refractivity contribution in [2.24, 2.45) is 11.7 Å². The van der Waals surface area contributed by atoms with Crippen LogP contribution in [0.2, 0.25) is 0 Å². The van der Waals surface area contributed by atoms with Gasteiger partial charge in [-0.25, -0.2) is 0 Å². The summed E-state index contributed by atoms with van der Waals surface area (Å²) in [6.45, 7) is 0.750. The summed E-state index contributed by atoms with van der Waals surface area (Å²) in [7, 11) is 0. The fraction of sp³-hybridized carbons (Fsp3) is 0.538. The SMILES string of the molecule is NC1CCC(CNC(=O)c2cccnc2)CC1. The molecule has 1 heterocycles. The Kier molecular flexibility index (Phi) is 4.09. The Morgan fingerprint density at radius 1 is 1.41 bits per heavy atom. The standard InChI is InChI=1S/C13H19N3O/c14-12-5-3-10(4-6-12)8-16-13(17)11-2-1-7-15-9-11/h1-2,7,9-10,12H,3-6,8,14H2,(H,16,17). The van der Waals surface area contributed by atoms with Gasteiger partial charge in [-0.05, 0) is 43.7 Å². The second kappa shape index (κ2) is 5.77. The number of hydrogen-bond acceptors (Lipinski definition) is 3. The molecule has 0 bridgehead atoms. The molecule has 17 heavy (non-hydrogen) atoms. The van der Waals surface area contributed by atoms with Crippen LogP contribution in [0.4, 0.5) is 0 Å². The number of pyridine rings is 1. The lowest BCUT2D eigenvalue weighted by Crippen LogP contribution is -2.34. The number of nitrogens with zero attached hydrogens (tertiary/aromatic N) is 1. The Balaban J connectivity index is 1.77. The van der Waals surface area contributed by atoms with Crippen LogP contribution < -0.4 is 11.1 Å². The third kappa shape index (κ3) is 3.53. The third-order valence-electron chi connectivity index (χ3n) is 3.37. The van der Waals surface area contributed by atoms with Crippen LogP contribution in [0.5, 0.6) is 0 Å². The minimum absolute atomic E-state index is 0.0343. The number of hydrogen-bond donors (Lipinski definition) is 2. The van der Waals surface area contributed by atoms with Crippen molar-refractivity contribution in [3.8, 4) is 0 Å². The second-order valence-corrected chi connectivity index (χ2v) is 4.73. The molecule has 1 saturated carbocycles. The summed E-state index contributed by atoms with van der Waals surface area (Å²) in [6.07, 6.45) is 7.65. The van der Waals surface area contributed by atoms with Crippen LogP contribution in [0, 0.1) is 5.92 Å². The van der Waals surface area contributed by atoms with E-state index >= 15 is 0 Å². The first-order chi connectivity index (χ1) is 8.25. The molecule has 1 aliphatic carbocycles. The van der Waals surface area contributed by atoms with Crippen LogP contribution in [0.1, 0.15) is 36.0 Å². The number of carbonyl (C=O) groups is 1. The van der Waals surface area contributed by atoms with Gasteiger partial charge in [-0.3, -0.25) is 9.78 Å². The quantitative estimate of drug-likeness (QED) is 0.827. The molecule has 4 heteroatoms. The lowest BCUT2D eigenvalue weighted by atomic mass is 9.86. The van der Waals surface area contributed by atoms with Gasteiger partial charge in [-0.15, -0.1) is 0 Å². The van der Waals surface area contributed by atoms with Gasteiger partial charge < -0.3 is 11.1 Å². The highest BCUT2D eigenvalue weighted by Crippen LogP contribution is 2.22. The van der Waals surface area contributed by atoms with Crippen molar-refractivity contribution in [3.63, 3.8) is 0 Å². The molecular formula is C13H19N3O. The summed E-state index contributed by atoms with van der Waals surface area (Å²) in [4.78, 5) is 15.7. The highest BCUT2D eigenvalue weighted by Gasteiger charge is 2.19. The molecule has 0 atom stereocenters. The van der Waals surface area contributed by atoms with Crippen molar-refractivity contribution in [2.45, 2.75) is 31.7 Å². The Morgan fingerprint density at radius 3 is 2.82 bits per heavy atom. The summed E-state index contributed by atoms with van der Waals surface area (Å²) in [5.41, 5.74) is 6.47. The lowest BCUT2D eigenvalue weighted by Gasteiger charge is -2.26. The zero-order chi connectivity index (χ0) is 12.1. The van der Waals surface area contributed by atoms with E-state index in [0.717, 1.165) is 32.2 Å². The fourth-order valence-corrected chi connectivity index (χ4v) is 2.23. The lowest BCUT2D eigenvalue weighted by molar-refractivity contribution is 0.0942. The highest BCUT2D eigenvalue weighted by molar-refractivity contribution is 5.93. The van der Waals surface area contributed by atoms with E-state index in [1.807, 2.05) is 0 Å². The van der Waals surface area contributed by atoms with Gasteiger partial charge >= 0.3 is 0 Å². The second-order valence-electron chi connectivity index (χ2n) is 4.73. The zero-order valence-electron chi connectivity index (χ0n) is 9.93. The van der Waals surface area contributed by atoms with E-state index in [1.54, 1.807) is 24.5 Å². The maximum Gasteiger partial charge on any atom is 0.252 e. The van der Waals surface area contributed by atoms with Crippen molar-refractivity contribution < 1.29 is 4.79 Å². The fourth-order valence-electron chi connectivity index (χ4n) is 2.23. The molecule has 3 N–H and O–H groups in total. The predicted octanol–water partition coefficient (Wildman–Crippen LogP) is 1.33. The average molecular weight is 233 g/mol. The summed E-state index contributed by atoms with van der Waals surface area (Å²) in [6, 6.07) is 3.91. The van der Waals surface area contributed by atoms with Gasteiger partial charge in [0.2, 0.25) is 0 Å². The normalized spacial score (nSPS) is 24.3. The molecule has 1 amide bonds. The summed E-state index contributed by atoms with van der Waals surface area (Å²) in [5, 5.41) is 2.96. The predicted molar refractivity (Wildman–Crippen MR) is 66.5 cm³/mol. The molecule has 1 aromatic heterocycles. The minimum atomic E-state index is -0.0343. The van der Waals surface area contributed by atoms with Gasteiger partial charge in [0.15, 0.2) is 0 Å². The average Bonchev–Trinajstić information content (AvgIpc) is 2.39. The van der Waals surface area contributed by atoms with E-state index < -0.39 is 0 Å². The molecule has 0 radical (unpaired) electrons. The van der Waals surface area contributed by atoms with E-state index in [4.69, 9.17) is 5.73 Å². The monoisotopic (exact) mass is 233 g/mol. The van der Waals surface area contributed by atoms with Crippen LogP contribution in [0.15, 0.2) is 24.5 Å². The number of carbonyl (C=O) groups excluding carboxylic acids is 1. The van der Waals surface area contributed by atoms with Gasteiger partial charge in [0.05, 0.1) is 5.56 Å². The molecule has 4 nitrogen and oxygen atoms in total. The number of aromatic nitrogens is 1. The molecular weight excluding hydrogens is 214 g/mol. The molecule has 1 aromatic rings. The third-order valence-corrected chi connectivity index (χ3v) is 3.37. The number of rotatable bonds is 3. The molecule has 0 spiro atoms. The van der Waals surface area contributed by atoms with Crippen molar-refractivity contribution in [3.05, 3.63) is 30.1 Å². The van der Waals surface area contributed by atoms with E-state index in [2.05, 4.69) is 10.3 Å². The van der Waals surface area contributed by atoms with Crippen molar-refractivity contribution in [1.29, 1.82) is 0 Å². The maximum absolute atomic E-state index is 11.8. The van der Waals surface area contributed by atoms with E-state index in [-0.39, 0.29) is 5.91 Å². The van der Waals surface area contributed by atoms with Gasteiger partial charge in [0.25, 0.3) is 5.91 Å². The van der Waals surface area contributed by atoms with Gasteiger partial charge in [-0.2, -0.15) is 0 Å². The summed E-state index contributed by atoms with van der Waals surface area (Å²) in [5.74, 6) is 0.545. The number of nitrogens with two attached hydrogens (primary N) is 1. The van der Waals surface area contributed by atoms with Crippen LogP contribution in [-0.2, 0) is 0 Å². The Morgan fingerprint density at radius 2 is 2.18 bits per heavy atom. The molecule has 0 aromatic carbocycles. The van der Waals surface area contributed by atoms with Crippen LogP contribution in [0.25, 0.3) is 0 Å². The van der Waals surface area contributed by atoms with E-state index in [9.17, 15) is 4.79 Å². The first kappa shape index (κ1) is 12.0. The van der Waals surface area contributed by atoms with Gasteiger partial charge in [0, 0.05) is 25.0 Å². The Labute approximate surface area is 102 Å². The molecule has 0 aliphatic heterocycles. The van der Waals surface area contributed by atoms with Crippen molar-refractivity contribution in [2.75, 3.05) is 6.54 Å². The summed E-state index contributed by atoms with van der Waals surface area (Å²) < 4.78 is 0. The van der Waals surface area contributed by atoms with Crippen molar-refractivity contribution in [1.82, 2.24) is 10.3 Å². The first-order valence-electron chi connectivity index (χ1n) is 6.19. The molecule has 0 unspecified atom stereocenters.